The lowest BCUT2D eigenvalue weighted by Crippen LogP contribution is -2.52. The minimum Gasteiger partial charge on any atom is -0.296 e. The molecule has 2 aromatic carbocycles. The Morgan fingerprint density at radius 2 is 1.79 bits per heavy atom. The molecule has 3 rings (SSSR count). The zero-order valence-electron chi connectivity index (χ0n) is 16.2. The molecule has 0 aliphatic heterocycles. The first-order chi connectivity index (χ1) is 13.5. The molecule has 0 spiro atoms. The molecule has 0 aliphatic carbocycles. The number of hydrogen-bond acceptors (Lipinski definition) is 3. The van der Waals surface area contributed by atoms with Gasteiger partial charge in [-0.1, -0.05) is 60.1 Å². The summed E-state index contributed by atoms with van der Waals surface area (Å²) >= 11 is 7.53. The van der Waals surface area contributed by atoms with Gasteiger partial charge >= 0.3 is 0 Å². The molecular weight excluding hydrogens is 386 g/mol. The summed E-state index contributed by atoms with van der Waals surface area (Å²) in [6, 6.07) is 19.8. The van der Waals surface area contributed by atoms with Crippen molar-refractivity contribution in [2.75, 3.05) is 14.1 Å². The Balaban J connectivity index is 2.06. The summed E-state index contributed by atoms with van der Waals surface area (Å²) in [7, 11) is 3.94. The van der Waals surface area contributed by atoms with Crippen molar-refractivity contribution in [1.82, 2.24) is 4.90 Å². The highest BCUT2D eigenvalue weighted by Crippen LogP contribution is 2.36. The van der Waals surface area contributed by atoms with Gasteiger partial charge in [0.2, 0.25) is 0 Å². The lowest BCUT2D eigenvalue weighted by molar-refractivity contribution is 0.0688. The molecule has 0 amide bonds. The molecule has 0 radical (unpaired) electrons. The third-order valence-electron chi connectivity index (χ3n) is 5.13. The number of hydrogen-bond donors (Lipinski definition) is 0. The van der Waals surface area contributed by atoms with Crippen LogP contribution in [-0.2, 0) is 6.42 Å². The number of nitrogens with zero attached hydrogens (tertiary/aromatic N) is 1. The van der Waals surface area contributed by atoms with Crippen LogP contribution in [0.5, 0.6) is 0 Å². The summed E-state index contributed by atoms with van der Waals surface area (Å²) in [5.74, 6) is 0.126. The highest BCUT2D eigenvalue weighted by atomic mass is 35.5. The quantitative estimate of drug-likeness (QED) is 0.318. The van der Waals surface area contributed by atoms with E-state index in [1.54, 1.807) is 0 Å². The summed E-state index contributed by atoms with van der Waals surface area (Å²) in [5.41, 5.74) is 2.40. The molecule has 1 unspecified atom stereocenters. The van der Waals surface area contributed by atoms with E-state index in [-0.39, 0.29) is 5.78 Å². The fraction of sp³-hybridized carbons (Fsp3) is 0.208. The van der Waals surface area contributed by atoms with Crippen LogP contribution in [0.2, 0.25) is 5.02 Å². The second-order valence-electron chi connectivity index (χ2n) is 7.08. The predicted octanol–water partition coefficient (Wildman–Crippen LogP) is 6.37. The monoisotopic (exact) mass is 409 g/mol. The van der Waals surface area contributed by atoms with Gasteiger partial charge in [0.05, 0.1) is 10.4 Å². The minimum absolute atomic E-state index is 0.126. The molecule has 0 saturated heterocycles. The van der Waals surface area contributed by atoms with Crippen molar-refractivity contribution in [3.8, 4) is 11.1 Å². The van der Waals surface area contributed by atoms with Crippen molar-refractivity contribution >= 4 is 28.7 Å². The normalized spacial score (nSPS) is 13.3. The molecule has 1 aromatic heterocycles. The van der Waals surface area contributed by atoms with Gasteiger partial charge in [-0.25, -0.2) is 0 Å². The first-order valence-electron chi connectivity index (χ1n) is 9.18. The molecule has 4 heteroatoms. The number of carbonyl (C=O) groups is 1. The van der Waals surface area contributed by atoms with Crippen molar-refractivity contribution in [2.45, 2.75) is 18.4 Å². The number of rotatable bonds is 8. The molecule has 3 aromatic rings. The van der Waals surface area contributed by atoms with Crippen molar-refractivity contribution in [3.63, 3.8) is 0 Å². The summed E-state index contributed by atoms with van der Waals surface area (Å²) in [6.45, 7) is 3.93. The van der Waals surface area contributed by atoms with E-state index in [2.05, 4.69) is 18.7 Å². The zero-order chi connectivity index (χ0) is 20.1. The van der Waals surface area contributed by atoms with Crippen molar-refractivity contribution in [2.24, 2.45) is 0 Å². The molecule has 0 bridgehead atoms. The number of carbonyl (C=O) groups excluding carboxylic acids is 1. The van der Waals surface area contributed by atoms with Crippen LogP contribution >= 0.6 is 22.9 Å². The summed E-state index contributed by atoms with van der Waals surface area (Å²) in [5, 5.41) is 2.67. The Bertz CT molecular complexity index is 946. The smallest absolute Gasteiger partial charge is 0.194 e. The maximum atomic E-state index is 13.9. The maximum absolute atomic E-state index is 13.9. The topological polar surface area (TPSA) is 20.3 Å². The summed E-state index contributed by atoms with van der Waals surface area (Å²) < 4.78 is 0. The fourth-order valence-electron chi connectivity index (χ4n) is 3.51. The third kappa shape index (κ3) is 4.12. The Kier molecular flexibility index (Phi) is 6.50. The van der Waals surface area contributed by atoms with Crippen molar-refractivity contribution < 1.29 is 4.79 Å². The van der Waals surface area contributed by atoms with Gasteiger partial charge < -0.3 is 0 Å². The van der Waals surface area contributed by atoms with Crippen LogP contribution in [0.4, 0.5) is 0 Å². The molecule has 0 fully saturated rings. The maximum Gasteiger partial charge on any atom is 0.194 e. The van der Waals surface area contributed by atoms with Crippen LogP contribution in [0, 0.1) is 0 Å². The van der Waals surface area contributed by atoms with Gasteiger partial charge in [0.1, 0.15) is 0 Å². The SMILES string of the molecule is C=CCC(Cc1ccccc1)(C(=O)c1sccc1-c1ccc(Cl)cc1)N(C)C. The van der Waals surface area contributed by atoms with Crippen LogP contribution in [0.3, 0.4) is 0 Å². The van der Waals surface area contributed by atoms with Crippen LogP contribution in [0.15, 0.2) is 78.7 Å². The highest BCUT2D eigenvalue weighted by molar-refractivity contribution is 7.12. The van der Waals surface area contributed by atoms with E-state index in [4.69, 9.17) is 11.6 Å². The van der Waals surface area contributed by atoms with E-state index in [0.717, 1.165) is 21.6 Å². The Morgan fingerprint density at radius 3 is 2.39 bits per heavy atom. The van der Waals surface area contributed by atoms with Crippen molar-refractivity contribution in [3.05, 3.63) is 94.2 Å². The van der Waals surface area contributed by atoms with E-state index < -0.39 is 5.54 Å². The van der Waals surface area contributed by atoms with E-state index in [1.165, 1.54) is 11.3 Å². The Morgan fingerprint density at radius 1 is 1.11 bits per heavy atom. The standard InChI is InChI=1S/C24H24ClNOS/c1-4-15-24(26(2)3,17-18-8-6-5-7-9-18)23(27)22-21(14-16-28-22)19-10-12-20(25)13-11-19/h4-14,16H,1,15,17H2,2-3H3. The number of ketones is 1. The van der Waals surface area contributed by atoms with E-state index in [0.29, 0.717) is 17.9 Å². The van der Waals surface area contributed by atoms with E-state index in [1.807, 2.05) is 79.0 Å². The van der Waals surface area contributed by atoms with Crippen LogP contribution in [0.25, 0.3) is 11.1 Å². The van der Waals surface area contributed by atoms with E-state index in [9.17, 15) is 4.79 Å². The molecule has 2 nitrogen and oxygen atoms in total. The predicted molar refractivity (Wildman–Crippen MR) is 120 cm³/mol. The number of Topliss-reactive ketones (excluding diaryl/α,β-unsaturated/α-hetero) is 1. The summed E-state index contributed by atoms with van der Waals surface area (Å²) in [6.07, 6.45) is 3.05. The molecule has 1 heterocycles. The lowest BCUT2D eigenvalue weighted by atomic mass is 9.80. The van der Waals surface area contributed by atoms with Crippen LogP contribution in [-0.4, -0.2) is 30.3 Å². The highest BCUT2D eigenvalue weighted by Gasteiger charge is 2.41. The molecule has 144 valence electrons. The second kappa shape index (κ2) is 8.87. The molecule has 0 aliphatic rings. The molecular formula is C24H24ClNOS. The largest absolute Gasteiger partial charge is 0.296 e. The molecule has 0 saturated carbocycles. The zero-order valence-corrected chi connectivity index (χ0v) is 17.8. The van der Waals surface area contributed by atoms with Gasteiger partial charge in [0.15, 0.2) is 5.78 Å². The number of likely N-dealkylation sites (N-methyl/N-ethyl adjacent to an activating group) is 1. The second-order valence-corrected chi connectivity index (χ2v) is 8.43. The first kappa shape index (κ1) is 20.5. The van der Waals surface area contributed by atoms with Crippen LogP contribution < -0.4 is 0 Å². The molecule has 28 heavy (non-hydrogen) atoms. The number of thiophene rings is 1. The Hall–Kier alpha value is -2.20. The first-order valence-corrected chi connectivity index (χ1v) is 10.4. The Labute approximate surface area is 176 Å². The van der Waals surface area contributed by atoms with Gasteiger partial charge in [-0.05, 0) is 61.6 Å². The van der Waals surface area contributed by atoms with Gasteiger partial charge in [0.25, 0.3) is 0 Å². The van der Waals surface area contributed by atoms with E-state index >= 15 is 0 Å². The number of halogens is 1. The lowest BCUT2D eigenvalue weighted by Gasteiger charge is -2.38. The van der Waals surface area contributed by atoms with Gasteiger partial charge in [-0.2, -0.15) is 0 Å². The van der Waals surface area contributed by atoms with Gasteiger partial charge in [-0.15, -0.1) is 17.9 Å². The van der Waals surface area contributed by atoms with Crippen molar-refractivity contribution in [1.29, 1.82) is 0 Å². The average Bonchev–Trinajstić information content (AvgIpc) is 3.18. The minimum atomic E-state index is -0.685. The molecule has 1 atom stereocenters. The number of benzene rings is 2. The molecule has 0 N–H and O–H groups in total. The average molecular weight is 410 g/mol. The van der Waals surface area contributed by atoms with Crippen LogP contribution in [0.1, 0.15) is 21.7 Å². The third-order valence-corrected chi connectivity index (χ3v) is 6.29. The fourth-order valence-corrected chi connectivity index (χ4v) is 4.59. The van der Waals surface area contributed by atoms with Gasteiger partial charge in [-0.3, -0.25) is 9.69 Å². The van der Waals surface area contributed by atoms with Gasteiger partial charge in [0, 0.05) is 10.6 Å². The summed E-state index contributed by atoms with van der Waals surface area (Å²) in [4.78, 5) is 16.7.